The summed E-state index contributed by atoms with van der Waals surface area (Å²) in [5, 5.41) is 4.32. The molecule has 0 bridgehead atoms. The van der Waals surface area contributed by atoms with Crippen LogP contribution >= 0.6 is 0 Å². The number of nitrogen functional groups attached to an aromatic ring is 1. The lowest BCUT2D eigenvalue weighted by Crippen LogP contribution is -2.55. The lowest BCUT2D eigenvalue weighted by molar-refractivity contribution is -0.134. The molecule has 2 aliphatic heterocycles. The Bertz CT molecular complexity index is 1130. The maximum absolute atomic E-state index is 14.0. The number of piperazine rings is 1. The van der Waals surface area contributed by atoms with Gasteiger partial charge in [-0.1, -0.05) is 0 Å². The van der Waals surface area contributed by atoms with Gasteiger partial charge >= 0.3 is 0 Å². The number of anilines is 2. The number of halogens is 1. The molecule has 0 radical (unpaired) electrons. The number of amides is 1. The van der Waals surface area contributed by atoms with Crippen molar-refractivity contribution in [3.05, 3.63) is 18.4 Å². The Hall–Kier alpha value is -3.28. The minimum atomic E-state index is -1.25. The normalized spacial score (nSPS) is 20.2. The molecular weight excluding hydrogens is 429 g/mol. The number of furan rings is 1. The second-order valence-corrected chi connectivity index (χ2v) is 9.18. The van der Waals surface area contributed by atoms with Crippen molar-refractivity contribution in [2.75, 3.05) is 49.9 Å². The summed E-state index contributed by atoms with van der Waals surface area (Å²) >= 11 is 0. The molecule has 1 atom stereocenters. The Morgan fingerprint density at radius 2 is 2.00 bits per heavy atom. The first-order valence-corrected chi connectivity index (χ1v) is 11.2. The molecule has 2 aliphatic rings. The van der Waals surface area contributed by atoms with Crippen molar-refractivity contribution in [2.24, 2.45) is 0 Å². The number of hydrogen-bond donors (Lipinski definition) is 1. The Labute approximate surface area is 190 Å². The molecule has 33 heavy (non-hydrogen) atoms. The number of rotatable bonds is 5. The van der Waals surface area contributed by atoms with Gasteiger partial charge in [0.05, 0.1) is 6.26 Å². The summed E-state index contributed by atoms with van der Waals surface area (Å²) in [6, 6.07) is 3.15. The largest absolute Gasteiger partial charge is 0.461 e. The zero-order chi connectivity index (χ0) is 23.2. The molecule has 2 N–H and O–H groups in total. The van der Waals surface area contributed by atoms with Crippen molar-refractivity contribution in [3.8, 4) is 11.6 Å². The molecule has 3 aromatic rings. The molecule has 5 heterocycles. The molecule has 11 nitrogen and oxygen atoms in total. The van der Waals surface area contributed by atoms with Gasteiger partial charge in [0.15, 0.2) is 5.76 Å². The van der Waals surface area contributed by atoms with E-state index in [0.29, 0.717) is 62.6 Å². The van der Waals surface area contributed by atoms with Crippen molar-refractivity contribution < 1.29 is 13.6 Å². The third kappa shape index (κ3) is 4.34. The number of nitrogens with two attached hydrogens (primary N) is 1. The molecule has 0 spiro atoms. The Kier molecular flexibility index (Phi) is 5.39. The second-order valence-electron chi connectivity index (χ2n) is 9.18. The lowest BCUT2D eigenvalue weighted by atomic mass is 10.1. The molecular formula is C21H28FN9O2. The molecule has 176 valence electrons. The fourth-order valence-corrected chi connectivity index (χ4v) is 4.56. The van der Waals surface area contributed by atoms with Gasteiger partial charge in [0.2, 0.25) is 23.6 Å². The summed E-state index contributed by atoms with van der Waals surface area (Å²) in [6.45, 7) is 6.67. The highest BCUT2D eigenvalue weighted by molar-refractivity contribution is 5.85. The Morgan fingerprint density at radius 3 is 2.70 bits per heavy atom. The molecule has 1 amide bonds. The number of carbonyl (C=O) groups excluding carboxylic acids is 1. The highest BCUT2D eigenvalue weighted by Gasteiger charge is 2.37. The van der Waals surface area contributed by atoms with E-state index in [-0.39, 0.29) is 17.9 Å². The van der Waals surface area contributed by atoms with E-state index in [1.807, 2.05) is 9.80 Å². The van der Waals surface area contributed by atoms with Gasteiger partial charge in [-0.15, -0.1) is 5.10 Å². The van der Waals surface area contributed by atoms with Crippen LogP contribution in [0.15, 0.2) is 22.8 Å². The second kappa shape index (κ2) is 8.25. The quantitative estimate of drug-likeness (QED) is 0.602. The minimum Gasteiger partial charge on any atom is -0.461 e. The van der Waals surface area contributed by atoms with Gasteiger partial charge in [-0.3, -0.25) is 9.69 Å². The SMILES string of the molecule is CC(C)(F)CN1CCN(C(=O)C2CCCN2c2nc(N)n3nc(-c4ccco4)nc3n2)CC1. The predicted octanol–water partition coefficient (Wildman–Crippen LogP) is 1.22. The number of alkyl halides is 1. The van der Waals surface area contributed by atoms with Crippen LogP contribution in [0.5, 0.6) is 0 Å². The lowest BCUT2D eigenvalue weighted by Gasteiger charge is -2.38. The van der Waals surface area contributed by atoms with Gasteiger partial charge in [0, 0.05) is 39.3 Å². The number of aromatic nitrogens is 5. The van der Waals surface area contributed by atoms with Gasteiger partial charge in [0.1, 0.15) is 11.7 Å². The van der Waals surface area contributed by atoms with Crippen molar-refractivity contribution in [3.63, 3.8) is 0 Å². The van der Waals surface area contributed by atoms with Crippen molar-refractivity contribution in [2.45, 2.75) is 38.4 Å². The summed E-state index contributed by atoms with van der Waals surface area (Å²) in [6.07, 6.45) is 3.11. The number of carbonyl (C=O) groups is 1. The first kappa shape index (κ1) is 21.6. The molecule has 2 fully saturated rings. The van der Waals surface area contributed by atoms with Crippen LogP contribution in [0, 0.1) is 0 Å². The highest BCUT2D eigenvalue weighted by atomic mass is 19.1. The van der Waals surface area contributed by atoms with Crippen LogP contribution in [0.3, 0.4) is 0 Å². The number of fused-ring (bicyclic) bond motifs is 1. The molecule has 12 heteroatoms. The van der Waals surface area contributed by atoms with E-state index in [9.17, 15) is 9.18 Å². The molecule has 0 aromatic carbocycles. The fourth-order valence-electron chi connectivity index (χ4n) is 4.56. The van der Waals surface area contributed by atoms with Gasteiger partial charge in [0.25, 0.3) is 5.78 Å². The molecule has 5 rings (SSSR count). The van der Waals surface area contributed by atoms with Crippen LogP contribution in [0.4, 0.5) is 16.3 Å². The van der Waals surface area contributed by atoms with E-state index in [1.54, 1.807) is 32.2 Å². The minimum absolute atomic E-state index is 0.0476. The summed E-state index contributed by atoms with van der Waals surface area (Å²) < 4.78 is 20.7. The van der Waals surface area contributed by atoms with Crippen LogP contribution in [0.1, 0.15) is 26.7 Å². The maximum Gasteiger partial charge on any atom is 0.259 e. The summed E-state index contributed by atoms with van der Waals surface area (Å²) in [7, 11) is 0. The van der Waals surface area contributed by atoms with Crippen molar-refractivity contribution in [1.82, 2.24) is 34.4 Å². The van der Waals surface area contributed by atoms with Crippen LogP contribution in [0.2, 0.25) is 0 Å². The van der Waals surface area contributed by atoms with E-state index >= 15 is 0 Å². The standard InChI is InChI=1S/C21H28FN9O2/c1-21(2,22)13-28-8-10-29(11-9-28)17(32)14-5-3-7-30(14)19-25-18(23)31-20(26-19)24-16(27-31)15-6-4-12-33-15/h4,6,12,14H,3,5,7-11,13H2,1-2H3,(H2,23,24,25,26,27). The highest BCUT2D eigenvalue weighted by Crippen LogP contribution is 2.26. The van der Waals surface area contributed by atoms with Gasteiger partial charge in [-0.2, -0.15) is 19.5 Å². The number of nitrogens with zero attached hydrogens (tertiary/aromatic N) is 8. The zero-order valence-corrected chi connectivity index (χ0v) is 18.8. The maximum atomic E-state index is 14.0. The average Bonchev–Trinajstić information content (AvgIpc) is 3.52. The third-order valence-electron chi connectivity index (χ3n) is 6.04. The first-order valence-electron chi connectivity index (χ1n) is 11.2. The molecule has 0 saturated carbocycles. The monoisotopic (exact) mass is 457 g/mol. The van der Waals surface area contributed by atoms with Crippen molar-refractivity contribution in [1.29, 1.82) is 0 Å². The first-order chi connectivity index (χ1) is 15.8. The van der Waals surface area contributed by atoms with E-state index in [1.165, 1.54) is 4.52 Å². The molecule has 0 aliphatic carbocycles. The summed E-state index contributed by atoms with van der Waals surface area (Å²) in [4.78, 5) is 32.5. The Morgan fingerprint density at radius 1 is 1.21 bits per heavy atom. The van der Waals surface area contributed by atoms with E-state index in [0.717, 1.165) is 12.8 Å². The fraction of sp³-hybridized carbons (Fsp3) is 0.571. The van der Waals surface area contributed by atoms with Crippen molar-refractivity contribution >= 4 is 23.6 Å². The van der Waals surface area contributed by atoms with Crippen LogP contribution < -0.4 is 10.6 Å². The zero-order valence-electron chi connectivity index (χ0n) is 18.8. The van der Waals surface area contributed by atoms with Crippen LogP contribution in [-0.4, -0.2) is 91.3 Å². The smallest absolute Gasteiger partial charge is 0.259 e. The van der Waals surface area contributed by atoms with E-state index in [4.69, 9.17) is 10.2 Å². The summed E-state index contributed by atoms with van der Waals surface area (Å²) in [5.41, 5.74) is 4.89. The van der Waals surface area contributed by atoms with Crippen LogP contribution in [-0.2, 0) is 4.79 Å². The Balaban J connectivity index is 1.33. The van der Waals surface area contributed by atoms with Crippen LogP contribution in [0.25, 0.3) is 17.4 Å². The average molecular weight is 458 g/mol. The van der Waals surface area contributed by atoms with Gasteiger partial charge < -0.3 is 20.0 Å². The van der Waals surface area contributed by atoms with Gasteiger partial charge in [-0.25, -0.2) is 4.39 Å². The molecule has 2 saturated heterocycles. The molecule has 3 aromatic heterocycles. The third-order valence-corrected chi connectivity index (χ3v) is 6.04. The molecule has 1 unspecified atom stereocenters. The van der Waals surface area contributed by atoms with E-state index < -0.39 is 5.67 Å². The number of hydrogen-bond acceptors (Lipinski definition) is 9. The summed E-state index contributed by atoms with van der Waals surface area (Å²) in [5.74, 6) is 1.72. The predicted molar refractivity (Wildman–Crippen MR) is 119 cm³/mol. The van der Waals surface area contributed by atoms with Gasteiger partial charge in [-0.05, 0) is 38.8 Å². The van der Waals surface area contributed by atoms with E-state index in [2.05, 4.69) is 25.0 Å². The topological polar surface area (TPSA) is 122 Å².